The van der Waals surface area contributed by atoms with Crippen molar-refractivity contribution in [3.8, 4) is 11.5 Å². The first-order valence-corrected chi connectivity index (χ1v) is 9.36. The maximum atomic E-state index is 12.9. The first kappa shape index (κ1) is 20.0. The zero-order valence-electron chi connectivity index (χ0n) is 16.5. The smallest absolute Gasteiger partial charge is 0.435 e. The normalized spacial score (nSPS) is 17.4. The molecule has 11 heteroatoms. The van der Waals surface area contributed by atoms with E-state index in [-0.39, 0.29) is 11.9 Å². The lowest BCUT2D eigenvalue weighted by Gasteiger charge is -2.33. The monoisotopic (exact) mass is 422 g/mol. The molecule has 1 atom stereocenters. The van der Waals surface area contributed by atoms with Crippen LogP contribution >= 0.6 is 0 Å². The topological polar surface area (TPSA) is 91.3 Å². The van der Waals surface area contributed by atoms with Crippen molar-refractivity contribution in [2.24, 2.45) is 0 Å². The molecule has 1 aliphatic rings. The van der Waals surface area contributed by atoms with Crippen LogP contribution in [0.5, 0.6) is 11.5 Å². The van der Waals surface area contributed by atoms with E-state index in [1.54, 1.807) is 12.1 Å². The molecule has 8 nitrogen and oxygen atoms in total. The molecular formula is C19H21F3N6O2. The Labute approximate surface area is 170 Å². The molecular weight excluding hydrogens is 401 g/mol. The van der Waals surface area contributed by atoms with E-state index in [0.717, 1.165) is 12.5 Å². The molecule has 1 fully saturated rings. The van der Waals surface area contributed by atoms with E-state index in [9.17, 15) is 13.2 Å². The fraction of sp³-hybridized carbons (Fsp3) is 0.421. The van der Waals surface area contributed by atoms with E-state index in [4.69, 9.17) is 15.2 Å². The highest BCUT2D eigenvalue weighted by Gasteiger charge is 2.34. The number of halogens is 3. The number of piperidine rings is 1. The molecule has 3 heterocycles. The first-order valence-electron chi connectivity index (χ1n) is 9.36. The summed E-state index contributed by atoms with van der Waals surface area (Å²) in [5, 5.41) is 4.34. The third-order valence-electron chi connectivity index (χ3n) is 5.17. The molecule has 0 aliphatic carbocycles. The van der Waals surface area contributed by atoms with Gasteiger partial charge in [-0.25, -0.2) is 4.98 Å². The van der Waals surface area contributed by atoms with Gasteiger partial charge in [0.15, 0.2) is 17.2 Å². The molecule has 30 heavy (non-hydrogen) atoms. The Hall–Kier alpha value is -3.24. The highest BCUT2D eigenvalue weighted by Crippen LogP contribution is 2.35. The number of benzene rings is 1. The van der Waals surface area contributed by atoms with E-state index < -0.39 is 11.9 Å². The van der Waals surface area contributed by atoms with E-state index in [2.05, 4.69) is 15.1 Å². The summed E-state index contributed by atoms with van der Waals surface area (Å²) in [4.78, 5) is 10.9. The van der Waals surface area contributed by atoms with Gasteiger partial charge in [0, 0.05) is 30.7 Å². The van der Waals surface area contributed by atoms with E-state index >= 15 is 0 Å². The van der Waals surface area contributed by atoms with Crippen molar-refractivity contribution in [2.45, 2.75) is 25.1 Å². The summed E-state index contributed by atoms with van der Waals surface area (Å²) in [6.07, 6.45) is -1.62. The van der Waals surface area contributed by atoms with Crippen LogP contribution < -0.4 is 20.1 Å². The fourth-order valence-corrected chi connectivity index (χ4v) is 3.65. The molecule has 160 valence electrons. The van der Waals surface area contributed by atoms with E-state index in [1.807, 2.05) is 4.90 Å². The van der Waals surface area contributed by atoms with E-state index in [1.165, 1.54) is 25.1 Å². The molecule has 1 aliphatic heterocycles. The van der Waals surface area contributed by atoms with Crippen molar-refractivity contribution in [2.75, 3.05) is 37.9 Å². The van der Waals surface area contributed by atoms with E-state index in [0.29, 0.717) is 47.9 Å². The van der Waals surface area contributed by atoms with Crippen LogP contribution in [0.15, 0.2) is 24.4 Å². The maximum absolute atomic E-state index is 12.9. The summed E-state index contributed by atoms with van der Waals surface area (Å²) in [7, 11) is 3.06. The van der Waals surface area contributed by atoms with Crippen LogP contribution in [0.25, 0.3) is 10.9 Å². The van der Waals surface area contributed by atoms with Crippen LogP contribution in [-0.2, 0) is 6.18 Å². The molecule has 0 radical (unpaired) electrons. The average Bonchev–Trinajstić information content (AvgIpc) is 3.24. The van der Waals surface area contributed by atoms with Gasteiger partial charge in [0.05, 0.1) is 25.8 Å². The average molecular weight is 422 g/mol. The Morgan fingerprint density at radius 1 is 1.13 bits per heavy atom. The lowest BCUT2D eigenvalue weighted by molar-refractivity contribution is -0.141. The van der Waals surface area contributed by atoms with Gasteiger partial charge in [0.1, 0.15) is 5.82 Å². The number of nitrogens with two attached hydrogens (primary N) is 1. The third kappa shape index (κ3) is 3.66. The Bertz CT molecular complexity index is 1070. The number of fused-ring (bicyclic) bond motifs is 1. The molecule has 0 saturated carbocycles. The lowest BCUT2D eigenvalue weighted by atomic mass is 10.1. The highest BCUT2D eigenvalue weighted by atomic mass is 19.4. The predicted molar refractivity (Wildman–Crippen MR) is 105 cm³/mol. The number of methoxy groups -OCH3 is 2. The van der Waals surface area contributed by atoms with Gasteiger partial charge in [0.2, 0.25) is 5.95 Å². The number of ether oxygens (including phenoxy) is 2. The van der Waals surface area contributed by atoms with Gasteiger partial charge in [-0.1, -0.05) is 0 Å². The zero-order chi connectivity index (χ0) is 21.5. The van der Waals surface area contributed by atoms with Crippen molar-refractivity contribution in [3.63, 3.8) is 0 Å². The van der Waals surface area contributed by atoms with Crippen molar-refractivity contribution >= 4 is 22.7 Å². The number of alkyl halides is 3. The van der Waals surface area contributed by atoms with Gasteiger partial charge < -0.3 is 20.1 Å². The Morgan fingerprint density at radius 3 is 2.53 bits per heavy atom. The number of rotatable bonds is 4. The second-order valence-corrected chi connectivity index (χ2v) is 7.05. The van der Waals surface area contributed by atoms with Crippen LogP contribution in [0.1, 0.15) is 24.6 Å². The first-order chi connectivity index (χ1) is 14.3. The summed E-state index contributed by atoms with van der Waals surface area (Å²) >= 11 is 0. The standard InChI is InChI=1S/C19H21F3N6O2/c1-29-14-8-12-13(9-15(14)30-2)24-18(25-17(12)23)27-6-3-4-11(10-27)28-7-5-16(26-28)19(20,21)22/h5,7-9,11H,3-4,6,10H2,1-2H3,(H2,23,24,25). The molecule has 3 aromatic rings. The lowest BCUT2D eigenvalue weighted by Crippen LogP contribution is -2.38. The predicted octanol–water partition coefficient (Wildman–Crippen LogP) is 3.29. The Balaban J connectivity index is 1.64. The quantitative estimate of drug-likeness (QED) is 0.690. The number of hydrogen-bond acceptors (Lipinski definition) is 7. The van der Waals surface area contributed by atoms with Crippen LogP contribution in [0, 0.1) is 0 Å². The highest BCUT2D eigenvalue weighted by molar-refractivity contribution is 5.91. The van der Waals surface area contributed by atoms with Gasteiger partial charge in [-0.15, -0.1) is 0 Å². The minimum Gasteiger partial charge on any atom is -0.493 e. The summed E-state index contributed by atoms with van der Waals surface area (Å²) in [6, 6.07) is 4.21. The van der Waals surface area contributed by atoms with Gasteiger partial charge in [-0.05, 0) is 25.0 Å². The molecule has 1 unspecified atom stereocenters. The van der Waals surface area contributed by atoms with Crippen molar-refractivity contribution in [1.82, 2.24) is 19.7 Å². The van der Waals surface area contributed by atoms with Gasteiger partial charge >= 0.3 is 6.18 Å². The van der Waals surface area contributed by atoms with Crippen LogP contribution in [0.3, 0.4) is 0 Å². The molecule has 0 spiro atoms. The molecule has 0 bridgehead atoms. The number of nitrogen functional groups attached to an aromatic ring is 1. The molecule has 0 amide bonds. The SMILES string of the molecule is COc1cc2nc(N3CCCC(n4ccc(C(F)(F)F)n4)C3)nc(N)c2cc1OC. The summed E-state index contributed by atoms with van der Waals surface area (Å²) in [5.41, 5.74) is 5.86. The Morgan fingerprint density at radius 2 is 1.87 bits per heavy atom. The molecule has 2 N–H and O–H groups in total. The number of nitrogens with zero attached hydrogens (tertiary/aromatic N) is 5. The van der Waals surface area contributed by atoms with Gasteiger partial charge in [0.25, 0.3) is 0 Å². The second-order valence-electron chi connectivity index (χ2n) is 7.05. The largest absolute Gasteiger partial charge is 0.493 e. The van der Waals surface area contributed by atoms with Crippen molar-refractivity contribution < 1.29 is 22.6 Å². The molecule has 1 aromatic carbocycles. The number of aromatic nitrogens is 4. The van der Waals surface area contributed by atoms with Crippen LogP contribution in [0.2, 0.25) is 0 Å². The third-order valence-corrected chi connectivity index (χ3v) is 5.17. The summed E-state index contributed by atoms with van der Waals surface area (Å²) < 4.78 is 50.6. The zero-order valence-corrected chi connectivity index (χ0v) is 16.5. The maximum Gasteiger partial charge on any atom is 0.435 e. The number of hydrogen-bond donors (Lipinski definition) is 1. The molecule has 2 aromatic heterocycles. The van der Waals surface area contributed by atoms with Crippen LogP contribution in [-0.4, -0.2) is 47.1 Å². The van der Waals surface area contributed by atoms with Crippen LogP contribution in [0.4, 0.5) is 24.9 Å². The minimum absolute atomic E-state index is 0.222. The van der Waals surface area contributed by atoms with Gasteiger partial charge in [-0.3, -0.25) is 4.68 Å². The fourth-order valence-electron chi connectivity index (χ4n) is 3.65. The second kappa shape index (κ2) is 7.54. The number of anilines is 2. The van der Waals surface area contributed by atoms with Crippen molar-refractivity contribution in [1.29, 1.82) is 0 Å². The Kier molecular flexibility index (Phi) is 5.04. The summed E-state index contributed by atoms with van der Waals surface area (Å²) in [6.45, 7) is 1.10. The summed E-state index contributed by atoms with van der Waals surface area (Å²) in [5.74, 6) is 1.74. The molecule has 1 saturated heterocycles. The minimum atomic E-state index is -4.46. The molecule has 4 rings (SSSR count). The van der Waals surface area contributed by atoms with Gasteiger partial charge in [-0.2, -0.15) is 23.3 Å². The van der Waals surface area contributed by atoms with Crippen molar-refractivity contribution in [3.05, 3.63) is 30.1 Å².